The summed E-state index contributed by atoms with van der Waals surface area (Å²) in [6.07, 6.45) is 0. The topological polar surface area (TPSA) is 0 Å². The van der Waals surface area contributed by atoms with Crippen LogP contribution < -0.4 is 0 Å². The van der Waals surface area contributed by atoms with Gasteiger partial charge in [0.1, 0.15) is 0 Å². The van der Waals surface area contributed by atoms with Crippen molar-refractivity contribution in [1.82, 2.24) is 0 Å². The van der Waals surface area contributed by atoms with Gasteiger partial charge in [0.25, 0.3) is 0 Å². The first-order valence-electron chi connectivity index (χ1n) is 19.4. The quantitative estimate of drug-likeness (QED) is 0.133. The highest BCUT2D eigenvalue weighted by atomic mass is 14.2. The lowest BCUT2D eigenvalue weighted by atomic mass is 9.85. The molecule has 0 unspecified atom stereocenters. The van der Waals surface area contributed by atoms with E-state index < -0.39 is 6.04 Å². The highest BCUT2D eigenvalue weighted by molar-refractivity contribution is 6.24. The molecule has 50 heavy (non-hydrogen) atoms. The fraction of sp³-hybridized carbons (Fsp3) is 0. The molecule has 0 radical (unpaired) electrons. The predicted octanol–water partition coefficient (Wildman–Crippen LogP) is 14.1. The molecule has 0 saturated carbocycles. The molecule has 232 valence electrons. The van der Waals surface area contributed by atoms with E-state index in [0.29, 0.717) is 5.56 Å². The first-order chi connectivity index (χ1) is 26.9. The van der Waals surface area contributed by atoms with Gasteiger partial charge in [0, 0.05) is 0 Å². The van der Waals surface area contributed by atoms with Crippen LogP contribution in [0.15, 0.2) is 194 Å². The minimum absolute atomic E-state index is 0.202. The van der Waals surface area contributed by atoms with Crippen LogP contribution in [0.2, 0.25) is 0 Å². The summed E-state index contributed by atoms with van der Waals surface area (Å²) in [6.45, 7) is 0. The molecule has 0 heterocycles. The SMILES string of the molecule is [2H]c1c([2H])c([2H])c(-c2c3ccccc3c(-c3ccc(-c4ccc(-c5cc6ccc7ccccc7c6c6ccccc56)cc4)cc3)c3ccccc23)c([2H])c1[2H]. The van der Waals surface area contributed by atoms with E-state index in [-0.39, 0.29) is 29.7 Å². The van der Waals surface area contributed by atoms with Gasteiger partial charge in [-0.2, -0.15) is 0 Å². The van der Waals surface area contributed by atoms with Gasteiger partial charge >= 0.3 is 0 Å². The lowest BCUT2D eigenvalue weighted by molar-refractivity contribution is 1.60. The molecule has 0 bridgehead atoms. The summed E-state index contributed by atoms with van der Waals surface area (Å²) in [5.74, 6) is 0. The van der Waals surface area contributed by atoms with Gasteiger partial charge in [-0.15, -0.1) is 0 Å². The Hall–Kier alpha value is -6.50. The third-order valence-corrected chi connectivity index (χ3v) is 10.1. The summed E-state index contributed by atoms with van der Waals surface area (Å²) in [7, 11) is 0. The zero-order chi connectivity index (χ0) is 37.4. The van der Waals surface area contributed by atoms with Crippen LogP contribution >= 0.6 is 0 Å². The molecule has 0 saturated heterocycles. The van der Waals surface area contributed by atoms with Crippen molar-refractivity contribution in [2.75, 3.05) is 0 Å². The summed E-state index contributed by atoms with van der Waals surface area (Å²) in [5, 5.41) is 11.1. The summed E-state index contributed by atoms with van der Waals surface area (Å²) in [6, 6.07) is 56.0. The zero-order valence-corrected chi connectivity index (χ0v) is 27.1. The van der Waals surface area contributed by atoms with Gasteiger partial charge in [-0.05, 0) is 104 Å². The van der Waals surface area contributed by atoms with Crippen molar-refractivity contribution in [3.63, 3.8) is 0 Å². The number of hydrogen-bond acceptors (Lipinski definition) is 0. The minimum Gasteiger partial charge on any atom is -0.0622 e. The standard InChI is InChI=1S/C50H32/c1-2-13-37(14-3-1)48-43-18-8-10-20-45(43)49(46-21-11-9-19-44(46)48)38-29-24-34(25-30-38)33-22-26-36(27-23-33)47-32-39-31-28-35-12-4-5-15-40(35)50(39)42-17-7-6-16-41(42)47/h1-32H/i1D,2D,3D,13D,14D. The van der Waals surface area contributed by atoms with Crippen LogP contribution in [0.25, 0.3) is 98.4 Å². The van der Waals surface area contributed by atoms with Crippen LogP contribution in [0.4, 0.5) is 0 Å². The third kappa shape index (κ3) is 4.54. The Morgan fingerprint density at radius 3 is 1.34 bits per heavy atom. The normalized spacial score (nSPS) is 13.0. The monoisotopic (exact) mass is 637 g/mol. The van der Waals surface area contributed by atoms with Crippen LogP contribution in [0.3, 0.4) is 0 Å². The van der Waals surface area contributed by atoms with Gasteiger partial charge in [0.15, 0.2) is 0 Å². The van der Waals surface area contributed by atoms with E-state index in [0.717, 1.165) is 43.8 Å². The van der Waals surface area contributed by atoms with E-state index in [1.54, 1.807) is 0 Å². The molecule has 10 aromatic carbocycles. The molecule has 0 nitrogen and oxygen atoms in total. The smallest absolute Gasteiger partial charge is 0.0622 e. The van der Waals surface area contributed by atoms with Crippen LogP contribution in [-0.2, 0) is 0 Å². The van der Waals surface area contributed by atoms with E-state index in [1.165, 1.54) is 43.4 Å². The van der Waals surface area contributed by atoms with Crippen LogP contribution in [0.5, 0.6) is 0 Å². The molecule has 0 atom stereocenters. The molecule has 10 rings (SSSR count). The van der Waals surface area contributed by atoms with Crippen LogP contribution in [-0.4, -0.2) is 0 Å². The van der Waals surface area contributed by atoms with E-state index in [4.69, 9.17) is 6.85 Å². The Bertz CT molecular complexity index is 3100. The fourth-order valence-electron chi connectivity index (χ4n) is 7.87. The maximum atomic E-state index is 8.83. The minimum atomic E-state index is -0.394. The van der Waals surface area contributed by atoms with Crippen molar-refractivity contribution in [2.45, 2.75) is 0 Å². The largest absolute Gasteiger partial charge is 0.0629 e. The summed E-state index contributed by atoms with van der Waals surface area (Å²) >= 11 is 0. The molecule has 0 aromatic heterocycles. The molecule has 0 amide bonds. The van der Waals surface area contributed by atoms with E-state index in [2.05, 4.69) is 127 Å². The number of hydrogen-bond donors (Lipinski definition) is 0. The molecule has 0 fully saturated rings. The van der Waals surface area contributed by atoms with Crippen molar-refractivity contribution >= 4 is 53.9 Å². The second-order valence-electron chi connectivity index (χ2n) is 12.9. The van der Waals surface area contributed by atoms with Crippen LogP contribution in [0.1, 0.15) is 6.85 Å². The molecule has 0 N–H and O–H groups in total. The molecule has 0 spiro atoms. The summed E-state index contributed by atoms with van der Waals surface area (Å²) < 4.78 is 42.6. The average molecular weight is 638 g/mol. The first kappa shape index (κ1) is 23.8. The Balaban J connectivity index is 1.07. The van der Waals surface area contributed by atoms with Gasteiger partial charge in [-0.3, -0.25) is 0 Å². The molecule has 0 heteroatoms. The zero-order valence-electron chi connectivity index (χ0n) is 32.1. The van der Waals surface area contributed by atoms with Crippen molar-refractivity contribution in [2.24, 2.45) is 0 Å². The van der Waals surface area contributed by atoms with Crippen molar-refractivity contribution in [3.8, 4) is 44.5 Å². The number of rotatable bonds is 4. The van der Waals surface area contributed by atoms with Gasteiger partial charge in [-0.25, -0.2) is 0 Å². The van der Waals surface area contributed by atoms with E-state index in [1.807, 2.05) is 36.4 Å². The Kier molecular flexibility index (Phi) is 5.50. The lowest BCUT2D eigenvalue weighted by Gasteiger charge is -2.18. The Labute approximate surface area is 298 Å². The lowest BCUT2D eigenvalue weighted by Crippen LogP contribution is -1.90. The summed E-state index contributed by atoms with van der Waals surface area (Å²) in [5.41, 5.74) is 7.56. The second kappa shape index (κ2) is 11.6. The maximum Gasteiger partial charge on any atom is 0.0629 e. The van der Waals surface area contributed by atoms with E-state index in [9.17, 15) is 0 Å². The number of fused-ring (bicyclic) bond motifs is 7. The van der Waals surface area contributed by atoms with Gasteiger partial charge in [0.2, 0.25) is 0 Å². The highest BCUT2D eigenvalue weighted by Crippen LogP contribution is 2.44. The molecular formula is C50H32. The van der Waals surface area contributed by atoms with Crippen molar-refractivity contribution in [3.05, 3.63) is 194 Å². The van der Waals surface area contributed by atoms with Crippen molar-refractivity contribution < 1.29 is 6.85 Å². The highest BCUT2D eigenvalue weighted by Gasteiger charge is 2.17. The molecule has 0 aliphatic rings. The molecule has 0 aliphatic heterocycles. The van der Waals surface area contributed by atoms with Gasteiger partial charge in [0.05, 0.1) is 6.85 Å². The Morgan fingerprint density at radius 2 is 0.740 bits per heavy atom. The fourth-order valence-corrected chi connectivity index (χ4v) is 7.87. The van der Waals surface area contributed by atoms with Crippen LogP contribution in [0, 0.1) is 0 Å². The number of benzene rings is 10. The second-order valence-corrected chi connectivity index (χ2v) is 12.9. The molecule has 10 aromatic rings. The van der Waals surface area contributed by atoms with Crippen molar-refractivity contribution in [1.29, 1.82) is 0 Å². The van der Waals surface area contributed by atoms with Gasteiger partial charge < -0.3 is 0 Å². The molecular weight excluding hydrogens is 601 g/mol. The first-order valence-corrected chi connectivity index (χ1v) is 16.9. The van der Waals surface area contributed by atoms with Gasteiger partial charge in [-0.1, -0.05) is 188 Å². The maximum absolute atomic E-state index is 8.83. The third-order valence-electron chi connectivity index (χ3n) is 10.1. The predicted molar refractivity (Wildman–Crippen MR) is 216 cm³/mol. The summed E-state index contributed by atoms with van der Waals surface area (Å²) in [4.78, 5) is 0. The average Bonchev–Trinajstić information content (AvgIpc) is 3.24. The Morgan fingerprint density at radius 1 is 0.300 bits per heavy atom. The molecule has 0 aliphatic carbocycles. The van der Waals surface area contributed by atoms with E-state index >= 15 is 0 Å².